The Bertz CT molecular complexity index is 1830. The summed E-state index contributed by atoms with van der Waals surface area (Å²) >= 11 is 0. The van der Waals surface area contributed by atoms with E-state index in [2.05, 4.69) is 55.0 Å². The average molecular weight is 513 g/mol. The minimum atomic E-state index is -0.317. The molecule has 0 radical (unpaired) electrons. The van der Waals surface area contributed by atoms with Gasteiger partial charge in [0.05, 0.1) is 29.3 Å². The van der Waals surface area contributed by atoms with E-state index in [9.17, 15) is 4.79 Å². The van der Waals surface area contributed by atoms with Gasteiger partial charge < -0.3 is 11.1 Å². The van der Waals surface area contributed by atoms with Crippen LogP contribution in [0.25, 0.3) is 10.9 Å². The number of pyridine rings is 2. The molecule has 0 spiro atoms. The van der Waals surface area contributed by atoms with Crippen molar-refractivity contribution in [2.75, 3.05) is 5.73 Å². The number of carbonyl (C=O) groups excluding carboxylic acids is 1. The Balaban J connectivity index is 1.42. The molecule has 3 aromatic heterocycles. The number of carbonyl (C=O) groups is 1. The van der Waals surface area contributed by atoms with E-state index in [-0.39, 0.29) is 23.3 Å². The van der Waals surface area contributed by atoms with Gasteiger partial charge in [-0.3, -0.25) is 14.5 Å². The molecule has 39 heavy (non-hydrogen) atoms. The fourth-order valence-corrected chi connectivity index (χ4v) is 4.99. The first-order valence-corrected chi connectivity index (χ1v) is 12.6. The fourth-order valence-electron chi connectivity index (χ4n) is 4.99. The van der Waals surface area contributed by atoms with E-state index in [1.807, 2.05) is 62.6 Å². The zero-order valence-electron chi connectivity index (χ0n) is 21.6. The summed E-state index contributed by atoms with van der Waals surface area (Å²) in [6, 6.07) is 19.6. The fraction of sp³-hybridized carbons (Fsp3) is 0.129. The van der Waals surface area contributed by atoms with E-state index in [4.69, 9.17) is 5.73 Å². The zero-order chi connectivity index (χ0) is 26.9. The van der Waals surface area contributed by atoms with Crippen molar-refractivity contribution in [3.8, 4) is 11.8 Å². The van der Waals surface area contributed by atoms with Crippen LogP contribution in [0.4, 0.5) is 17.2 Å². The summed E-state index contributed by atoms with van der Waals surface area (Å²) in [5, 5.41) is 8.14. The van der Waals surface area contributed by atoms with E-state index in [1.165, 1.54) is 0 Å². The van der Waals surface area contributed by atoms with Crippen LogP contribution in [0.5, 0.6) is 0 Å². The maximum absolute atomic E-state index is 13.6. The third-order valence-corrected chi connectivity index (χ3v) is 6.81. The first-order chi connectivity index (χ1) is 19.0. The number of rotatable bonds is 4. The van der Waals surface area contributed by atoms with Gasteiger partial charge >= 0.3 is 0 Å². The molecule has 3 N–H and O–H groups in total. The number of nitrogens with two attached hydrogens (primary N) is 1. The number of benzene rings is 2. The minimum Gasteiger partial charge on any atom is -0.383 e. The summed E-state index contributed by atoms with van der Waals surface area (Å²) in [5.74, 6) is 6.42. The number of nitrogens with zero attached hydrogens (tertiary/aromatic N) is 5. The maximum Gasteiger partial charge on any atom is 0.257 e. The predicted molar refractivity (Wildman–Crippen MR) is 153 cm³/mol. The molecule has 1 aliphatic rings. The first-order valence-electron chi connectivity index (χ1n) is 12.6. The summed E-state index contributed by atoms with van der Waals surface area (Å²) in [5.41, 5.74) is 12.9. The van der Waals surface area contributed by atoms with E-state index in [0.29, 0.717) is 11.9 Å². The van der Waals surface area contributed by atoms with Crippen molar-refractivity contribution in [2.45, 2.75) is 19.4 Å². The molecule has 8 nitrogen and oxygen atoms in total. The van der Waals surface area contributed by atoms with Crippen molar-refractivity contribution < 1.29 is 4.79 Å². The molecule has 1 atom stereocenters. The quantitative estimate of drug-likeness (QED) is 0.280. The topological polar surface area (TPSA) is 102 Å². The summed E-state index contributed by atoms with van der Waals surface area (Å²) in [7, 11) is 1.87. The molecular weight excluding hydrogens is 486 g/mol. The molecule has 0 saturated heterocycles. The van der Waals surface area contributed by atoms with E-state index in [0.717, 1.165) is 39.2 Å². The van der Waals surface area contributed by atoms with Gasteiger partial charge in [-0.2, -0.15) is 9.67 Å². The van der Waals surface area contributed by atoms with Crippen LogP contribution >= 0.6 is 0 Å². The van der Waals surface area contributed by atoms with Gasteiger partial charge in [0, 0.05) is 48.7 Å². The van der Waals surface area contributed by atoms with Crippen molar-refractivity contribution in [2.24, 2.45) is 7.05 Å². The lowest BCUT2D eigenvalue weighted by atomic mass is 10.0. The van der Waals surface area contributed by atoms with Gasteiger partial charge in [-0.15, -0.1) is 0 Å². The van der Waals surface area contributed by atoms with Crippen molar-refractivity contribution >= 4 is 39.7 Å². The van der Waals surface area contributed by atoms with E-state index < -0.39 is 0 Å². The lowest BCUT2D eigenvalue weighted by Crippen LogP contribution is -2.42. The molecule has 0 fully saturated rings. The number of aromatic nitrogens is 4. The third-order valence-electron chi connectivity index (χ3n) is 6.81. The number of nitrogen functional groups attached to an aromatic ring is 1. The number of para-hydroxylation sites is 2. The lowest BCUT2D eigenvalue weighted by molar-refractivity contribution is 0.0951. The van der Waals surface area contributed by atoms with Crippen LogP contribution in [-0.2, 0) is 13.5 Å². The van der Waals surface area contributed by atoms with Gasteiger partial charge in [0.2, 0.25) is 11.4 Å². The molecule has 6 rings (SSSR count). The monoisotopic (exact) mass is 512 g/mol. The van der Waals surface area contributed by atoms with Gasteiger partial charge in [0.1, 0.15) is 17.4 Å². The predicted octanol–water partition coefficient (Wildman–Crippen LogP) is 4.00. The maximum atomic E-state index is 13.6. The van der Waals surface area contributed by atoms with Gasteiger partial charge in [-0.1, -0.05) is 42.2 Å². The molecule has 5 aromatic rings. The Morgan fingerprint density at radius 1 is 1.05 bits per heavy atom. The molecule has 0 unspecified atom stereocenters. The molecule has 2 aromatic carbocycles. The number of aryl methyl sites for hydroxylation is 1. The van der Waals surface area contributed by atoms with Crippen LogP contribution in [0.15, 0.2) is 85.5 Å². The van der Waals surface area contributed by atoms with Crippen molar-refractivity contribution in [1.82, 2.24) is 29.6 Å². The highest BCUT2D eigenvalue weighted by molar-refractivity contribution is 6.11. The van der Waals surface area contributed by atoms with Crippen molar-refractivity contribution in [3.05, 3.63) is 108 Å². The smallest absolute Gasteiger partial charge is 0.257 e. The molecule has 1 aliphatic heterocycles. The molecule has 8 heteroatoms. The second-order valence-electron chi connectivity index (χ2n) is 9.46. The van der Waals surface area contributed by atoms with Gasteiger partial charge in [0.25, 0.3) is 5.91 Å². The summed E-state index contributed by atoms with van der Waals surface area (Å²) in [4.78, 5) is 22.2. The van der Waals surface area contributed by atoms with Crippen LogP contribution in [0.1, 0.15) is 34.0 Å². The normalized spacial score (nSPS) is 13.1. The van der Waals surface area contributed by atoms with Crippen molar-refractivity contribution in [1.29, 1.82) is 0 Å². The molecular formula is C31H26N7O+. The van der Waals surface area contributed by atoms with Crippen LogP contribution in [0.3, 0.4) is 0 Å². The molecule has 1 amide bonds. The molecule has 190 valence electrons. The number of hydrogen-bond acceptors (Lipinski definition) is 5. The number of amides is 1. The second-order valence-corrected chi connectivity index (χ2v) is 9.46. The lowest BCUT2D eigenvalue weighted by Gasteiger charge is -2.14. The average Bonchev–Trinajstić information content (AvgIpc) is 3.56. The molecule has 0 saturated carbocycles. The van der Waals surface area contributed by atoms with Gasteiger partial charge in [-0.05, 0) is 25.1 Å². The van der Waals surface area contributed by atoms with E-state index in [1.54, 1.807) is 23.3 Å². The Morgan fingerprint density at radius 3 is 2.69 bits per heavy atom. The summed E-state index contributed by atoms with van der Waals surface area (Å²) in [6.07, 6.45) is 7.59. The molecule has 4 heterocycles. The first kappa shape index (κ1) is 24.1. The Kier molecular flexibility index (Phi) is 6.10. The minimum absolute atomic E-state index is 0.151. The van der Waals surface area contributed by atoms with Crippen LogP contribution in [0.2, 0.25) is 0 Å². The number of nitrogens with one attached hydrogen (secondary N) is 1. The van der Waals surface area contributed by atoms with Crippen molar-refractivity contribution in [3.63, 3.8) is 0 Å². The largest absolute Gasteiger partial charge is 0.383 e. The highest BCUT2D eigenvalue weighted by atomic mass is 16.1. The zero-order valence-corrected chi connectivity index (χ0v) is 21.6. The van der Waals surface area contributed by atoms with Crippen LogP contribution in [-0.4, -0.2) is 37.4 Å². The Morgan fingerprint density at radius 2 is 1.90 bits per heavy atom. The number of anilines is 1. The number of hydrogen-bond donors (Lipinski definition) is 2. The van der Waals surface area contributed by atoms with Crippen LogP contribution in [0, 0.1) is 11.8 Å². The van der Waals surface area contributed by atoms with Crippen LogP contribution < -0.4 is 15.6 Å². The molecule has 0 bridgehead atoms. The van der Waals surface area contributed by atoms with Gasteiger partial charge in [-0.25, -0.2) is 4.98 Å². The Hall–Kier alpha value is -5.29. The van der Waals surface area contributed by atoms with E-state index >= 15 is 0 Å². The molecule has 0 aliphatic carbocycles. The second kappa shape index (κ2) is 9.88. The SMILES string of the molecule is C[C@H](NC(=O)c1c(N)ncc2cccnc12)C1=[N+](c2ccccc2)c2c(C#Cc3cnn(C)c3)cccc2C1. The summed E-state index contributed by atoms with van der Waals surface area (Å²) in [6.45, 7) is 1.98. The summed E-state index contributed by atoms with van der Waals surface area (Å²) < 4.78 is 3.94. The number of fused-ring (bicyclic) bond motifs is 2. The standard InChI is InChI=1S/C31H25N7O/c1-20(36-31(39)27-28-24(10-7-15-33-28)18-34-30(27)32)26-16-23-9-6-8-22(14-13-21-17-35-37(2)19-21)29(23)38(26)25-11-4-3-5-12-25/h3-12,15,17-20H,16H2,1-2H3,(H2-,32,33,34,36,39)/p+1/t20-/m0/s1. The third kappa shape index (κ3) is 4.51. The Labute approximate surface area is 225 Å². The van der Waals surface area contributed by atoms with Gasteiger partial charge in [0.15, 0.2) is 5.71 Å². The highest BCUT2D eigenvalue weighted by Gasteiger charge is 2.37. The highest BCUT2D eigenvalue weighted by Crippen LogP contribution is 2.34.